The molecule has 0 radical (unpaired) electrons. The number of hydrogen-bond acceptors (Lipinski definition) is 5. The summed E-state index contributed by atoms with van der Waals surface area (Å²) >= 11 is 1.45. The van der Waals surface area contributed by atoms with Crippen molar-refractivity contribution >= 4 is 34.2 Å². The van der Waals surface area contributed by atoms with E-state index in [1.165, 1.54) is 33.8 Å². The van der Waals surface area contributed by atoms with Gasteiger partial charge in [0.2, 0.25) is 5.91 Å². The van der Waals surface area contributed by atoms with Crippen LogP contribution >= 0.6 is 11.8 Å². The standard InChI is InChI=1S/C19H22N4O2S/c1-12-8-14(3)18-15(9-12)13(2)10-16-20-21-19(23(16)18)26-11-17(24)22-4-6-25-7-5-22/h8-10H,4-7,11H2,1-3H3. The molecule has 1 fully saturated rings. The summed E-state index contributed by atoms with van der Waals surface area (Å²) in [5, 5.41) is 10.6. The van der Waals surface area contributed by atoms with Gasteiger partial charge in [0.15, 0.2) is 10.8 Å². The van der Waals surface area contributed by atoms with Gasteiger partial charge in [0.25, 0.3) is 0 Å². The third kappa shape index (κ3) is 3.05. The summed E-state index contributed by atoms with van der Waals surface area (Å²) < 4.78 is 7.39. The molecule has 1 aromatic carbocycles. The van der Waals surface area contributed by atoms with Crippen molar-refractivity contribution in [1.29, 1.82) is 0 Å². The topological polar surface area (TPSA) is 59.7 Å². The predicted octanol–water partition coefficient (Wildman–Crippen LogP) is 2.76. The maximum Gasteiger partial charge on any atom is 0.233 e. The first-order valence-corrected chi connectivity index (χ1v) is 9.77. The molecule has 1 aliphatic rings. The van der Waals surface area contributed by atoms with Gasteiger partial charge in [-0.25, -0.2) is 0 Å². The average Bonchev–Trinajstić information content (AvgIpc) is 3.03. The summed E-state index contributed by atoms with van der Waals surface area (Å²) in [6.45, 7) is 8.89. The Labute approximate surface area is 156 Å². The lowest BCUT2D eigenvalue weighted by Crippen LogP contribution is -2.41. The Morgan fingerprint density at radius 2 is 1.88 bits per heavy atom. The van der Waals surface area contributed by atoms with Gasteiger partial charge in [-0.05, 0) is 44.0 Å². The van der Waals surface area contributed by atoms with E-state index >= 15 is 0 Å². The summed E-state index contributed by atoms with van der Waals surface area (Å²) in [4.78, 5) is 14.3. The molecule has 0 unspecified atom stereocenters. The average molecular weight is 370 g/mol. The smallest absolute Gasteiger partial charge is 0.233 e. The summed E-state index contributed by atoms with van der Waals surface area (Å²) in [5.41, 5.74) is 5.56. The molecule has 1 saturated heterocycles. The second-order valence-corrected chi connectivity index (χ2v) is 7.71. The zero-order valence-electron chi connectivity index (χ0n) is 15.3. The molecule has 0 N–H and O–H groups in total. The lowest BCUT2D eigenvalue weighted by atomic mass is 10.0. The number of pyridine rings is 1. The van der Waals surface area contributed by atoms with E-state index in [1.807, 2.05) is 4.90 Å². The number of carbonyl (C=O) groups is 1. The van der Waals surface area contributed by atoms with Crippen molar-refractivity contribution < 1.29 is 9.53 Å². The Bertz CT molecular complexity index is 992. The van der Waals surface area contributed by atoms with Crippen molar-refractivity contribution in [2.45, 2.75) is 25.9 Å². The predicted molar refractivity (Wildman–Crippen MR) is 103 cm³/mol. The molecule has 7 heteroatoms. The SMILES string of the molecule is Cc1cc(C)c2c(c1)c(C)cc1nnc(SCC(=O)N3CCOCC3)n12. The van der Waals surface area contributed by atoms with Crippen molar-refractivity contribution in [3.8, 4) is 0 Å². The van der Waals surface area contributed by atoms with Crippen molar-refractivity contribution in [3.05, 3.63) is 34.9 Å². The van der Waals surface area contributed by atoms with Gasteiger partial charge in [-0.3, -0.25) is 9.20 Å². The van der Waals surface area contributed by atoms with E-state index in [4.69, 9.17) is 4.74 Å². The summed E-state index contributed by atoms with van der Waals surface area (Å²) in [6.07, 6.45) is 0. The summed E-state index contributed by atoms with van der Waals surface area (Å²) in [6, 6.07) is 6.43. The number of carbonyl (C=O) groups excluding carboxylic acids is 1. The van der Waals surface area contributed by atoms with Crippen LogP contribution in [0, 0.1) is 20.8 Å². The van der Waals surface area contributed by atoms with Gasteiger partial charge in [0.1, 0.15) is 0 Å². The van der Waals surface area contributed by atoms with E-state index in [0.29, 0.717) is 32.1 Å². The van der Waals surface area contributed by atoms with Gasteiger partial charge in [-0.2, -0.15) is 0 Å². The van der Waals surface area contributed by atoms with E-state index in [1.54, 1.807) is 0 Å². The van der Waals surface area contributed by atoms with Gasteiger partial charge in [-0.1, -0.05) is 23.4 Å². The number of aromatic nitrogens is 3. The van der Waals surface area contributed by atoms with E-state index < -0.39 is 0 Å². The quantitative estimate of drug-likeness (QED) is 0.664. The molecule has 0 aliphatic carbocycles. The molecule has 3 heterocycles. The maximum atomic E-state index is 12.5. The third-order valence-corrected chi connectivity index (χ3v) is 5.70. The van der Waals surface area contributed by atoms with Crippen molar-refractivity contribution in [3.63, 3.8) is 0 Å². The van der Waals surface area contributed by atoms with Crippen LogP contribution in [0.15, 0.2) is 23.4 Å². The van der Waals surface area contributed by atoms with E-state index in [9.17, 15) is 4.79 Å². The monoisotopic (exact) mass is 370 g/mol. The highest BCUT2D eigenvalue weighted by Gasteiger charge is 2.19. The van der Waals surface area contributed by atoms with Crippen LogP contribution in [0.3, 0.4) is 0 Å². The number of nitrogens with zero attached hydrogens (tertiary/aromatic N) is 4. The van der Waals surface area contributed by atoms with Crippen LogP contribution < -0.4 is 0 Å². The van der Waals surface area contributed by atoms with Crippen LogP contribution in [0.25, 0.3) is 16.6 Å². The first-order chi connectivity index (χ1) is 12.5. The first kappa shape index (κ1) is 17.3. The van der Waals surface area contributed by atoms with Gasteiger partial charge in [0, 0.05) is 18.5 Å². The minimum absolute atomic E-state index is 0.124. The van der Waals surface area contributed by atoms with E-state index in [0.717, 1.165) is 16.3 Å². The Morgan fingerprint density at radius 1 is 1.12 bits per heavy atom. The largest absolute Gasteiger partial charge is 0.378 e. The Hall–Kier alpha value is -2.12. The Kier molecular flexibility index (Phi) is 4.58. The molecule has 136 valence electrons. The zero-order valence-corrected chi connectivity index (χ0v) is 16.1. The normalized spacial score (nSPS) is 15.1. The number of thioether (sulfide) groups is 1. The lowest BCUT2D eigenvalue weighted by Gasteiger charge is -2.26. The fourth-order valence-corrected chi connectivity index (χ4v) is 4.39. The number of fused-ring (bicyclic) bond motifs is 3. The number of ether oxygens (including phenoxy) is 1. The molecule has 0 saturated carbocycles. The third-order valence-electron chi connectivity index (χ3n) is 4.79. The first-order valence-electron chi connectivity index (χ1n) is 8.78. The minimum Gasteiger partial charge on any atom is -0.378 e. The molecule has 4 rings (SSSR count). The molecule has 26 heavy (non-hydrogen) atoms. The van der Waals surface area contributed by atoms with Crippen LogP contribution in [0.5, 0.6) is 0 Å². The molecule has 0 atom stereocenters. The summed E-state index contributed by atoms with van der Waals surface area (Å²) in [5.74, 6) is 0.486. The number of morpholine rings is 1. The highest BCUT2D eigenvalue weighted by atomic mass is 32.2. The van der Waals surface area contributed by atoms with Crippen LogP contribution in [0.1, 0.15) is 16.7 Å². The van der Waals surface area contributed by atoms with Crippen LogP contribution in [-0.4, -0.2) is 57.5 Å². The zero-order chi connectivity index (χ0) is 18.3. The fourth-order valence-electron chi connectivity index (χ4n) is 3.54. The molecular formula is C19H22N4O2S. The van der Waals surface area contributed by atoms with E-state index in [-0.39, 0.29) is 5.91 Å². The van der Waals surface area contributed by atoms with Gasteiger partial charge < -0.3 is 9.64 Å². The molecule has 0 bridgehead atoms. The van der Waals surface area contributed by atoms with Crippen molar-refractivity contribution in [1.82, 2.24) is 19.5 Å². The second kappa shape index (κ2) is 6.89. The molecule has 1 amide bonds. The molecule has 6 nitrogen and oxygen atoms in total. The highest BCUT2D eigenvalue weighted by molar-refractivity contribution is 7.99. The number of rotatable bonds is 3. The molecule has 0 spiro atoms. The molecule has 3 aromatic rings. The Morgan fingerprint density at radius 3 is 2.65 bits per heavy atom. The van der Waals surface area contributed by atoms with Crippen LogP contribution in [-0.2, 0) is 9.53 Å². The van der Waals surface area contributed by atoms with E-state index in [2.05, 4.69) is 53.6 Å². The van der Waals surface area contributed by atoms with Crippen LogP contribution in [0.4, 0.5) is 0 Å². The highest BCUT2D eigenvalue weighted by Crippen LogP contribution is 2.29. The van der Waals surface area contributed by atoms with Gasteiger partial charge in [-0.15, -0.1) is 10.2 Å². The number of hydrogen-bond donors (Lipinski definition) is 0. The van der Waals surface area contributed by atoms with Gasteiger partial charge >= 0.3 is 0 Å². The van der Waals surface area contributed by atoms with Crippen LogP contribution in [0.2, 0.25) is 0 Å². The molecule has 2 aromatic heterocycles. The lowest BCUT2D eigenvalue weighted by molar-refractivity contribution is -0.132. The van der Waals surface area contributed by atoms with Gasteiger partial charge in [0.05, 0.1) is 24.5 Å². The summed E-state index contributed by atoms with van der Waals surface area (Å²) in [7, 11) is 0. The van der Waals surface area contributed by atoms with Crippen molar-refractivity contribution in [2.24, 2.45) is 0 Å². The second-order valence-electron chi connectivity index (χ2n) is 6.76. The fraction of sp³-hybridized carbons (Fsp3) is 0.421. The number of benzene rings is 1. The maximum absolute atomic E-state index is 12.5. The minimum atomic E-state index is 0.124. The number of amides is 1. The van der Waals surface area contributed by atoms with Crippen molar-refractivity contribution in [2.75, 3.05) is 32.1 Å². The number of aryl methyl sites for hydroxylation is 3. The Balaban J connectivity index is 1.70. The molecule has 1 aliphatic heterocycles. The molecular weight excluding hydrogens is 348 g/mol.